The largest absolute Gasteiger partial charge is 0.455 e. The summed E-state index contributed by atoms with van der Waals surface area (Å²) in [5, 5.41) is 3.43. The van der Waals surface area contributed by atoms with Crippen molar-refractivity contribution in [3.8, 4) is 11.8 Å². The van der Waals surface area contributed by atoms with E-state index in [-0.39, 0.29) is 5.91 Å². The molecule has 138 valence electrons. The molecule has 1 aliphatic heterocycles. The highest BCUT2D eigenvalue weighted by Gasteiger charge is 2.22. The number of thiocarbonyl (C=S) groups is 1. The first-order valence-electron chi connectivity index (χ1n) is 8.74. The Morgan fingerprint density at radius 2 is 2.00 bits per heavy atom. The molecule has 0 radical (unpaired) electrons. The van der Waals surface area contributed by atoms with Gasteiger partial charge in [0.1, 0.15) is 10.1 Å². The molecule has 4 nitrogen and oxygen atoms in total. The van der Waals surface area contributed by atoms with Crippen molar-refractivity contribution in [1.82, 2.24) is 10.3 Å². The van der Waals surface area contributed by atoms with Crippen molar-refractivity contribution in [2.24, 2.45) is 0 Å². The number of amides is 1. The molecule has 2 aromatic heterocycles. The number of carbonyl (C=O) groups excluding carboxylic acids is 1. The van der Waals surface area contributed by atoms with Crippen LogP contribution in [0.2, 0.25) is 0 Å². The summed E-state index contributed by atoms with van der Waals surface area (Å²) in [5.74, 6) is 7.18. The van der Waals surface area contributed by atoms with Gasteiger partial charge in [-0.2, -0.15) is 0 Å². The molecule has 6 heteroatoms. The molecule has 3 heterocycles. The van der Waals surface area contributed by atoms with Gasteiger partial charge in [0.15, 0.2) is 5.58 Å². The maximum absolute atomic E-state index is 11.9. The lowest BCUT2D eigenvalue weighted by Gasteiger charge is -2.07. The van der Waals surface area contributed by atoms with E-state index >= 15 is 0 Å². The lowest BCUT2D eigenvalue weighted by atomic mass is 9.97. The molecule has 1 N–H and O–H groups in total. The van der Waals surface area contributed by atoms with Crippen LogP contribution in [0.25, 0.3) is 17.0 Å². The monoisotopic (exact) mass is 404 g/mol. The minimum Gasteiger partial charge on any atom is -0.455 e. The second-order valence-corrected chi connectivity index (χ2v) is 8.32. The lowest BCUT2D eigenvalue weighted by molar-refractivity contribution is -0.115. The van der Waals surface area contributed by atoms with Crippen LogP contribution >= 0.6 is 24.0 Å². The highest BCUT2D eigenvalue weighted by Crippen LogP contribution is 2.29. The Morgan fingerprint density at radius 3 is 2.75 bits per heavy atom. The fourth-order valence-electron chi connectivity index (χ4n) is 2.94. The number of aromatic nitrogens is 1. The number of nitrogens with one attached hydrogen (secondary N) is 1. The quantitative estimate of drug-likeness (QED) is 0.376. The summed E-state index contributed by atoms with van der Waals surface area (Å²) in [4.78, 5) is 16.6. The van der Waals surface area contributed by atoms with Crippen molar-refractivity contribution in [2.45, 2.75) is 19.8 Å². The Labute approximate surface area is 172 Å². The lowest BCUT2D eigenvalue weighted by Crippen LogP contribution is -2.17. The van der Waals surface area contributed by atoms with Crippen LogP contribution in [0.3, 0.4) is 0 Å². The first kappa shape index (κ1) is 18.5. The number of pyridine rings is 1. The van der Waals surface area contributed by atoms with E-state index in [1.807, 2.05) is 24.3 Å². The van der Waals surface area contributed by atoms with Gasteiger partial charge in [0.05, 0.1) is 10.5 Å². The molecule has 1 amide bonds. The van der Waals surface area contributed by atoms with Crippen LogP contribution in [0.4, 0.5) is 0 Å². The molecule has 0 atom stereocenters. The zero-order valence-electron chi connectivity index (χ0n) is 15.3. The van der Waals surface area contributed by atoms with Crippen molar-refractivity contribution >= 4 is 51.3 Å². The number of nitrogens with zero attached hydrogens (tertiary/aromatic N) is 1. The molecule has 28 heavy (non-hydrogen) atoms. The van der Waals surface area contributed by atoms with Gasteiger partial charge in [0.2, 0.25) is 0 Å². The summed E-state index contributed by atoms with van der Waals surface area (Å²) >= 11 is 6.24. The van der Waals surface area contributed by atoms with Crippen molar-refractivity contribution in [1.29, 1.82) is 0 Å². The molecule has 1 saturated heterocycles. The molecule has 4 rings (SSSR count). The standard InChI is InChI=1S/C22H16N2O2S2/c1-13(2)18-6-4-3-5-14(18)7-8-15-11-23-12-16-9-17(26-20(15)16)10-19-21(25)24-22(27)28-19/h3-6,9-13H,1-2H3,(H,24,25,27)/b19-10+. The van der Waals surface area contributed by atoms with E-state index in [4.69, 9.17) is 16.6 Å². The highest BCUT2D eigenvalue weighted by molar-refractivity contribution is 8.26. The fourth-order valence-corrected chi connectivity index (χ4v) is 3.97. The van der Waals surface area contributed by atoms with Crippen molar-refractivity contribution in [3.63, 3.8) is 0 Å². The average Bonchev–Trinajstić information content (AvgIpc) is 3.22. The molecule has 1 aliphatic rings. The first-order valence-corrected chi connectivity index (χ1v) is 9.97. The minimum atomic E-state index is -0.209. The maximum Gasteiger partial charge on any atom is 0.263 e. The van der Waals surface area contributed by atoms with Crippen LogP contribution in [0.5, 0.6) is 0 Å². The molecular weight excluding hydrogens is 388 g/mol. The van der Waals surface area contributed by atoms with Crippen LogP contribution in [-0.2, 0) is 4.79 Å². The molecule has 3 aromatic rings. The number of furan rings is 1. The molecule has 0 spiro atoms. The third-order valence-electron chi connectivity index (χ3n) is 4.27. The third kappa shape index (κ3) is 3.72. The van der Waals surface area contributed by atoms with Gasteiger partial charge in [-0.25, -0.2) is 0 Å². The zero-order chi connectivity index (χ0) is 19.7. The molecule has 0 unspecified atom stereocenters. The third-order valence-corrected chi connectivity index (χ3v) is 5.43. The van der Waals surface area contributed by atoms with Gasteiger partial charge in [-0.05, 0) is 23.6 Å². The molecule has 1 aromatic carbocycles. The fraction of sp³-hybridized carbons (Fsp3) is 0.136. The number of rotatable bonds is 2. The van der Waals surface area contributed by atoms with Crippen molar-refractivity contribution in [2.75, 3.05) is 0 Å². The van der Waals surface area contributed by atoms with Gasteiger partial charge in [0.25, 0.3) is 5.91 Å². The van der Waals surface area contributed by atoms with Gasteiger partial charge < -0.3 is 9.73 Å². The Bertz CT molecular complexity index is 1200. The van der Waals surface area contributed by atoms with E-state index in [0.29, 0.717) is 32.1 Å². The predicted molar refractivity (Wildman–Crippen MR) is 117 cm³/mol. The Kier molecular flexibility index (Phi) is 5.03. The SMILES string of the molecule is CC(C)c1ccccc1C#Cc1cncc2cc(/C=C3/SC(=S)NC3=O)oc12. The zero-order valence-corrected chi connectivity index (χ0v) is 16.9. The minimum absolute atomic E-state index is 0.209. The van der Waals surface area contributed by atoms with Gasteiger partial charge in [-0.15, -0.1) is 0 Å². The van der Waals surface area contributed by atoms with E-state index in [1.165, 1.54) is 17.3 Å². The number of benzene rings is 1. The maximum atomic E-state index is 11.9. The molecule has 0 saturated carbocycles. The number of hydrogen-bond acceptors (Lipinski definition) is 5. The van der Waals surface area contributed by atoms with Crippen molar-refractivity contribution < 1.29 is 9.21 Å². The highest BCUT2D eigenvalue weighted by atomic mass is 32.2. The number of hydrogen-bond donors (Lipinski definition) is 1. The van der Waals surface area contributed by atoms with E-state index in [1.54, 1.807) is 18.5 Å². The topological polar surface area (TPSA) is 55.1 Å². The van der Waals surface area contributed by atoms with Crippen LogP contribution in [0.1, 0.15) is 42.2 Å². The van der Waals surface area contributed by atoms with Crippen molar-refractivity contribution in [3.05, 3.63) is 70.1 Å². The van der Waals surface area contributed by atoms with Gasteiger partial charge in [-0.1, -0.05) is 67.9 Å². The van der Waals surface area contributed by atoms with Gasteiger partial charge in [0, 0.05) is 29.4 Å². The van der Waals surface area contributed by atoms with Crippen LogP contribution < -0.4 is 5.32 Å². The van der Waals surface area contributed by atoms with E-state index in [0.717, 1.165) is 10.9 Å². The summed E-state index contributed by atoms with van der Waals surface area (Å²) in [6.45, 7) is 4.30. The number of fused-ring (bicyclic) bond motifs is 1. The van der Waals surface area contributed by atoms with E-state index in [2.05, 4.69) is 42.1 Å². The molecular formula is C22H16N2O2S2. The summed E-state index contributed by atoms with van der Waals surface area (Å²) in [6, 6.07) is 9.97. The smallest absolute Gasteiger partial charge is 0.263 e. The summed E-state index contributed by atoms with van der Waals surface area (Å²) in [7, 11) is 0. The van der Waals surface area contributed by atoms with Gasteiger partial charge in [-0.3, -0.25) is 9.78 Å². The predicted octanol–water partition coefficient (Wildman–Crippen LogP) is 4.84. The van der Waals surface area contributed by atoms with Crippen LogP contribution in [-0.4, -0.2) is 15.2 Å². The van der Waals surface area contributed by atoms with E-state index in [9.17, 15) is 4.79 Å². The molecule has 1 fully saturated rings. The van der Waals surface area contributed by atoms with Crippen LogP contribution in [0, 0.1) is 11.8 Å². The number of thioether (sulfide) groups is 1. The summed E-state index contributed by atoms with van der Waals surface area (Å²) < 4.78 is 6.40. The van der Waals surface area contributed by atoms with Gasteiger partial charge >= 0.3 is 0 Å². The summed E-state index contributed by atoms with van der Waals surface area (Å²) in [6.07, 6.45) is 5.10. The normalized spacial score (nSPS) is 15.2. The Hall–Kier alpha value is -2.88. The van der Waals surface area contributed by atoms with Crippen LogP contribution in [0.15, 0.2) is 52.0 Å². The summed E-state index contributed by atoms with van der Waals surface area (Å²) in [5.41, 5.74) is 3.57. The Balaban J connectivity index is 1.73. The van der Waals surface area contributed by atoms with E-state index < -0.39 is 0 Å². The second kappa shape index (κ2) is 7.63. The second-order valence-electron chi connectivity index (χ2n) is 6.60. The number of carbonyl (C=O) groups is 1. The average molecular weight is 405 g/mol. The molecule has 0 aliphatic carbocycles. The first-order chi connectivity index (χ1) is 13.5. The Morgan fingerprint density at radius 1 is 1.21 bits per heavy atom. The molecule has 0 bridgehead atoms.